The summed E-state index contributed by atoms with van der Waals surface area (Å²) in [5, 5.41) is 2.64. The van der Waals surface area contributed by atoms with Gasteiger partial charge in [-0.3, -0.25) is 0 Å². The van der Waals surface area contributed by atoms with Gasteiger partial charge in [-0.15, -0.1) is 0 Å². The largest absolute Gasteiger partial charge is 0.343 e. The molecule has 5 unspecified atom stereocenters. The van der Waals surface area contributed by atoms with Crippen LogP contribution in [0.15, 0.2) is 60.7 Å². The van der Waals surface area contributed by atoms with E-state index in [9.17, 15) is 0 Å². The minimum absolute atomic E-state index is 0.151. The van der Waals surface area contributed by atoms with Crippen LogP contribution in [0.5, 0.6) is 0 Å². The van der Waals surface area contributed by atoms with Crippen LogP contribution in [0.2, 0.25) is 0 Å². The van der Waals surface area contributed by atoms with Crippen molar-refractivity contribution >= 4 is 18.5 Å². The molecule has 5 atom stereocenters. The van der Waals surface area contributed by atoms with Crippen molar-refractivity contribution in [2.75, 3.05) is 6.16 Å². The molecule has 0 amide bonds. The molecule has 0 bridgehead atoms. The van der Waals surface area contributed by atoms with Crippen molar-refractivity contribution in [2.45, 2.75) is 70.0 Å². The van der Waals surface area contributed by atoms with Gasteiger partial charge < -0.3 is 23.7 Å². The van der Waals surface area contributed by atoms with E-state index < -0.39 is 25.8 Å². The van der Waals surface area contributed by atoms with Gasteiger partial charge in [0.15, 0.2) is 17.9 Å². The molecule has 2 aromatic rings. The molecule has 3 fully saturated rings. The number of rotatable bonds is 4. The van der Waals surface area contributed by atoms with Crippen molar-refractivity contribution in [3.05, 3.63) is 60.7 Å². The smallest absolute Gasteiger partial charge is 0.190 e. The monoisotopic (exact) mass is 428 g/mol. The Bertz CT molecular complexity index is 832. The van der Waals surface area contributed by atoms with E-state index in [1.807, 2.05) is 27.7 Å². The van der Waals surface area contributed by atoms with E-state index in [-0.39, 0.29) is 24.4 Å². The lowest BCUT2D eigenvalue weighted by molar-refractivity contribution is -0.228. The van der Waals surface area contributed by atoms with Gasteiger partial charge >= 0.3 is 0 Å². The maximum absolute atomic E-state index is 6.49. The van der Waals surface area contributed by atoms with Crippen LogP contribution in [0.1, 0.15) is 27.7 Å². The van der Waals surface area contributed by atoms with Gasteiger partial charge in [-0.1, -0.05) is 60.7 Å². The van der Waals surface area contributed by atoms with Crippen LogP contribution in [-0.2, 0) is 23.7 Å². The topological polar surface area (TPSA) is 46.2 Å². The number of ether oxygens (including phenoxy) is 5. The highest BCUT2D eigenvalue weighted by Gasteiger charge is 2.60. The van der Waals surface area contributed by atoms with Crippen molar-refractivity contribution in [2.24, 2.45) is 0 Å². The molecule has 5 rings (SSSR count). The van der Waals surface area contributed by atoms with E-state index in [2.05, 4.69) is 60.7 Å². The number of hydrogen-bond donors (Lipinski definition) is 0. The quantitative estimate of drug-likeness (QED) is 0.698. The van der Waals surface area contributed by atoms with Crippen molar-refractivity contribution < 1.29 is 23.7 Å². The average Bonchev–Trinajstić information content (AvgIpc) is 3.21. The van der Waals surface area contributed by atoms with E-state index >= 15 is 0 Å². The second-order valence-electron chi connectivity index (χ2n) is 8.99. The van der Waals surface area contributed by atoms with Gasteiger partial charge in [-0.25, -0.2) is 0 Å². The van der Waals surface area contributed by atoms with Crippen LogP contribution in [0, 0.1) is 0 Å². The molecule has 3 heterocycles. The van der Waals surface area contributed by atoms with E-state index in [0.29, 0.717) is 0 Å². The Balaban J connectivity index is 1.47. The molecule has 0 spiro atoms. The van der Waals surface area contributed by atoms with Gasteiger partial charge in [0, 0.05) is 6.16 Å². The van der Waals surface area contributed by atoms with Crippen molar-refractivity contribution in [1.29, 1.82) is 0 Å². The molecule has 0 saturated carbocycles. The van der Waals surface area contributed by atoms with Gasteiger partial charge in [0.05, 0.1) is 6.10 Å². The standard InChI is InChI=1S/C24H29O5P/c1-23(2)26-19-18(25-22-21(20(19)27-23)28-24(3,4)29-22)15-30(16-11-7-5-8-12-16)17-13-9-6-10-14-17/h5-14,18-22H,15H2,1-4H3. The summed E-state index contributed by atoms with van der Waals surface area (Å²) in [5.41, 5.74) is 0. The minimum Gasteiger partial charge on any atom is -0.343 e. The minimum atomic E-state index is -0.700. The molecule has 6 heteroatoms. The highest BCUT2D eigenvalue weighted by Crippen LogP contribution is 2.47. The molecule has 2 aromatic carbocycles. The zero-order valence-corrected chi connectivity index (χ0v) is 18.8. The molecule has 0 aliphatic carbocycles. The van der Waals surface area contributed by atoms with E-state index in [4.69, 9.17) is 23.7 Å². The molecular formula is C24H29O5P. The summed E-state index contributed by atoms with van der Waals surface area (Å²) >= 11 is 0. The Morgan fingerprint density at radius 1 is 0.667 bits per heavy atom. The Morgan fingerprint density at radius 3 is 1.77 bits per heavy atom. The van der Waals surface area contributed by atoms with Crippen LogP contribution in [-0.4, -0.2) is 48.4 Å². The van der Waals surface area contributed by atoms with Gasteiger partial charge in [0.2, 0.25) is 0 Å². The molecule has 0 radical (unpaired) electrons. The summed E-state index contributed by atoms with van der Waals surface area (Å²) < 4.78 is 31.3. The Labute approximate surface area is 179 Å². The Morgan fingerprint density at radius 2 is 1.17 bits per heavy atom. The zero-order chi connectivity index (χ0) is 20.9. The van der Waals surface area contributed by atoms with Gasteiger partial charge in [-0.05, 0) is 46.2 Å². The van der Waals surface area contributed by atoms with Crippen molar-refractivity contribution in [1.82, 2.24) is 0 Å². The van der Waals surface area contributed by atoms with E-state index in [1.165, 1.54) is 10.6 Å². The lowest BCUT2D eigenvalue weighted by atomic mass is 10.00. The predicted molar refractivity (Wildman–Crippen MR) is 116 cm³/mol. The summed E-state index contributed by atoms with van der Waals surface area (Å²) in [4.78, 5) is 0. The number of fused-ring (bicyclic) bond motifs is 3. The molecule has 0 aromatic heterocycles. The Hall–Kier alpha value is -1.33. The highest BCUT2D eigenvalue weighted by molar-refractivity contribution is 7.73. The molecular weight excluding hydrogens is 399 g/mol. The maximum atomic E-state index is 6.49. The van der Waals surface area contributed by atoms with Gasteiger partial charge in [0.25, 0.3) is 0 Å². The molecule has 160 valence electrons. The van der Waals surface area contributed by atoms with Gasteiger partial charge in [0.1, 0.15) is 18.3 Å². The molecule has 3 saturated heterocycles. The third-order valence-corrected chi connectivity index (χ3v) is 8.32. The second kappa shape index (κ2) is 7.67. The second-order valence-corrected chi connectivity index (χ2v) is 11.2. The fraction of sp³-hybridized carbons (Fsp3) is 0.500. The first-order valence-corrected chi connectivity index (χ1v) is 12.1. The lowest BCUT2D eigenvalue weighted by Crippen LogP contribution is -2.56. The predicted octanol–water partition coefficient (Wildman–Crippen LogP) is 3.52. The fourth-order valence-electron chi connectivity index (χ4n) is 4.60. The van der Waals surface area contributed by atoms with Crippen LogP contribution >= 0.6 is 7.92 Å². The summed E-state index contributed by atoms with van der Waals surface area (Å²) in [6.45, 7) is 7.74. The first-order chi connectivity index (χ1) is 14.3. The van der Waals surface area contributed by atoms with Gasteiger partial charge in [-0.2, -0.15) is 0 Å². The number of hydrogen-bond acceptors (Lipinski definition) is 5. The van der Waals surface area contributed by atoms with Crippen LogP contribution < -0.4 is 10.6 Å². The third kappa shape index (κ3) is 3.95. The molecule has 5 nitrogen and oxygen atoms in total. The first-order valence-electron chi connectivity index (χ1n) is 10.6. The van der Waals surface area contributed by atoms with Crippen LogP contribution in [0.3, 0.4) is 0 Å². The molecule has 0 N–H and O–H groups in total. The van der Waals surface area contributed by atoms with Crippen molar-refractivity contribution in [3.63, 3.8) is 0 Å². The third-order valence-electron chi connectivity index (χ3n) is 5.75. The fourth-order valence-corrected chi connectivity index (χ4v) is 7.03. The lowest BCUT2D eigenvalue weighted by Gasteiger charge is -2.38. The molecule has 3 aliphatic rings. The summed E-state index contributed by atoms with van der Waals surface area (Å²) in [5.74, 6) is -1.38. The zero-order valence-electron chi connectivity index (χ0n) is 17.9. The average molecular weight is 428 g/mol. The summed E-state index contributed by atoms with van der Waals surface area (Å²) in [7, 11) is -0.627. The summed E-state index contributed by atoms with van der Waals surface area (Å²) in [6.07, 6.45) is -0.473. The van der Waals surface area contributed by atoms with E-state index in [1.54, 1.807) is 0 Å². The molecule has 3 aliphatic heterocycles. The maximum Gasteiger partial charge on any atom is 0.190 e. The van der Waals surface area contributed by atoms with Crippen LogP contribution in [0.25, 0.3) is 0 Å². The first kappa shape index (κ1) is 20.6. The normalized spacial score (nSPS) is 34.0. The van der Waals surface area contributed by atoms with Crippen molar-refractivity contribution in [3.8, 4) is 0 Å². The Kier molecular flexibility index (Phi) is 5.26. The highest BCUT2D eigenvalue weighted by atomic mass is 31.1. The SMILES string of the molecule is CC1(C)OC2OC(CP(c3ccccc3)c3ccccc3)C3OC(C)(C)OC3C2O1. The summed E-state index contributed by atoms with van der Waals surface area (Å²) in [6, 6.07) is 21.3. The molecule has 30 heavy (non-hydrogen) atoms. The van der Waals surface area contributed by atoms with Crippen LogP contribution in [0.4, 0.5) is 0 Å². The van der Waals surface area contributed by atoms with E-state index in [0.717, 1.165) is 6.16 Å². The number of benzene rings is 2.